The maximum absolute atomic E-state index is 12.9. The Morgan fingerprint density at radius 2 is 1.85 bits per heavy atom. The number of fused-ring (bicyclic) bond motifs is 1. The van der Waals surface area contributed by atoms with Crippen molar-refractivity contribution in [3.8, 4) is 0 Å². The molecule has 3 aromatic rings. The van der Waals surface area contributed by atoms with Crippen LogP contribution in [0.25, 0.3) is 11.0 Å². The molecule has 7 nitrogen and oxygen atoms in total. The highest BCUT2D eigenvalue weighted by Gasteiger charge is 2.23. The maximum atomic E-state index is 12.9. The first kappa shape index (κ1) is 25.2. The largest absolute Gasteiger partial charge is 0.328 e. The number of hydrogen-bond donors (Lipinski definition) is 1. The van der Waals surface area contributed by atoms with Gasteiger partial charge in [0.05, 0.1) is 15.9 Å². The molecule has 0 atom stereocenters. The molecule has 1 heterocycles. The standard InChI is InChI=1S/C24H31ClN4O3S/c1-5-14-29-22-11-10-19(33(31,32)28(6-2)7-3)16-21(22)26-23(29)12-13-24(30)27-20-15-18(25)9-8-17(20)4/h8-11,15-16H,5-7,12-14H2,1-4H3,(H,27,30). The summed E-state index contributed by atoms with van der Waals surface area (Å²) in [7, 11) is -3.57. The molecule has 1 N–H and O–H groups in total. The fourth-order valence-electron chi connectivity index (χ4n) is 3.86. The molecule has 0 aliphatic heterocycles. The Morgan fingerprint density at radius 3 is 2.52 bits per heavy atom. The molecule has 0 aliphatic rings. The SMILES string of the molecule is CCCn1c(CCC(=O)Nc2cc(Cl)ccc2C)nc2cc(S(=O)(=O)N(CC)CC)ccc21. The zero-order valence-corrected chi connectivity index (χ0v) is 21.1. The van der Waals surface area contributed by atoms with Crippen LogP contribution in [0.5, 0.6) is 0 Å². The number of nitrogens with one attached hydrogen (secondary N) is 1. The van der Waals surface area contributed by atoms with Gasteiger partial charge < -0.3 is 9.88 Å². The Bertz CT molecular complexity index is 1250. The number of sulfonamides is 1. The quantitative estimate of drug-likeness (QED) is 0.433. The lowest BCUT2D eigenvalue weighted by Gasteiger charge is -2.18. The van der Waals surface area contributed by atoms with Gasteiger partial charge in [0, 0.05) is 43.2 Å². The number of hydrogen-bond acceptors (Lipinski definition) is 4. The lowest BCUT2D eigenvalue weighted by Crippen LogP contribution is -2.30. The van der Waals surface area contributed by atoms with Gasteiger partial charge in [-0.25, -0.2) is 13.4 Å². The summed E-state index contributed by atoms with van der Waals surface area (Å²) < 4.78 is 29.4. The van der Waals surface area contributed by atoms with Crippen molar-refractivity contribution in [1.29, 1.82) is 0 Å². The number of nitrogens with zero attached hydrogens (tertiary/aromatic N) is 3. The molecule has 3 rings (SSSR count). The van der Waals surface area contributed by atoms with Gasteiger partial charge in [0.25, 0.3) is 0 Å². The van der Waals surface area contributed by atoms with Crippen molar-refractivity contribution < 1.29 is 13.2 Å². The van der Waals surface area contributed by atoms with Crippen molar-refractivity contribution in [2.75, 3.05) is 18.4 Å². The van der Waals surface area contributed by atoms with Gasteiger partial charge in [-0.3, -0.25) is 4.79 Å². The van der Waals surface area contributed by atoms with Crippen molar-refractivity contribution in [3.63, 3.8) is 0 Å². The van der Waals surface area contributed by atoms with Crippen molar-refractivity contribution in [2.45, 2.75) is 58.4 Å². The Hall–Kier alpha value is -2.42. The minimum absolute atomic E-state index is 0.125. The van der Waals surface area contributed by atoms with Gasteiger partial charge in [-0.2, -0.15) is 4.31 Å². The Balaban J connectivity index is 1.85. The molecule has 1 aromatic heterocycles. The summed E-state index contributed by atoms with van der Waals surface area (Å²) in [6, 6.07) is 10.5. The molecular formula is C24H31ClN4O3S. The highest BCUT2D eigenvalue weighted by atomic mass is 35.5. The number of rotatable bonds is 10. The molecule has 9 heteroatoms. The molecule has 0 saturated heterocycles. The third-order valence-corrected chi connectivity index (χ3v) is 7.92. The van der Waals surface area contributed by atoms with Crippen LogP contribution in [0.2, 0.25) is 5.02 Å². The van der Waals surface area contributed by atoms with Crippen LogP contribution < -0.4 is 5.32 Å². The molecule has 1 amide bonds. The highest BCUT2D eigenvalue weighted by molar-refractivity contribution is 7.89. The topological polar surface area (TPSA) is 84.3 Å². The number of imidazole rings is 1. The number of aryl methyl sites for hydroxylation is 3. The van der Waals surface area contributed by atoms with Gasteiger partial charge in [0.1, 0.15) is 5.82 Å². The molecule has 0 bridgehead atoms. The number of aromatic nitrogens is 2. The number of halogens is 1. The molecular weight excluding hydrogens is 460 g/mol. The fraction of sp³-hybridized carbons (Fsp3) is 0.417. The molecule has 33 heavy (non-hydrogen) atoms. The van der Waals surface area contributed by atoms with E-state index in [0.717, 1.165) is 29.9 Å². The van der Waals surface area contributed by atoms with Gasteiger partial charge in [0.15, 0.2) is 0 Å². The normalized spacial score (nSPS) is 11.9. The molecule has 0 spiro atoms. The second-order valence-corrected chi connectivity index (χ2v) is 10.3. The predicted molar refractivity (Wildman–Crippen MR) is 133 cm³/mol. The van der Waals surface area contributed by atoms with E-state index in [-0.39, 0.29) is 17.2 Å². The second-order valence-electron chi connectivity index (χ2n) is 7.93. The first-order valence-corrected chi connectivity index (χ1v) is 13.1. The Labute approximate surface area is 200 Å². The van der Waals surface area contributed by atoms with Crippen LogP contribution in [-0.2, 0) is 27.8 Å². The van der Waals surface area contributed by atoms with E-state index in [9.17, 15) is 13.2 Å². The smallest absolute Gasteiger partial charge is 0.243 e. The summed E-state index contributed by atoms with van der Waals surface area (Å²) in [6.07, 6.45) is 1.59. The molecule has 2 aromatic carbocycles. The van der Waals surface area contributed by atoms with Crippen LogP contribution in [0.4, 0.5) is 5.69 Å². The number of benzene rings is 2. The van der Waals surface area contributed by atoms with Gasteiger partial charge >= 0.3 is 0 Å². The van der Waals surface area contributed by atoms with Gasteiger partial charge in [-0.15, -0.1) is 0 Å². The minimum Gasteiger partial charge on any atom is -0.328 e. The highest BCUT2D eigenvalue weighted by Crippen LogP contribution is 2.24. The third kappa shape index (κ3) is 5.57. The first-order chi connectivity index (χ1) is 15.7. The van der Waals surface area contributed by atoms with E-state index in [0.29, 0.717) is 35.7 Å². The lowest BCUT2D eigenvalue weighted by atomic mass is 10.2. The van der Waals surface area contributed by atoms with Gasteiger partial charge in [-0.05, 0) is 49.2 Å². The van der Waals surface area contributed by atoms with Crippen LogP contribution in [0.1, 0.15) is 45.0 Å². The number of amides is 1. The predicted octanol–water partition coefficient (Wildman–Crippen LogP) is 5.01. The first-order valence-electron chi connectivity index (χ1n) is 11.3. The van der Waals surface area contributed by atoms with Crippen LogP contribution in [0, 0.1) is 6.92 Å². The number of carbonyl (C=O) groups excluding carboxylic acids is 1. The van der Waals surface area contributed by atoms with E-state index in [2.05, 4.69) is 16.8 Å². The summed E-state index contributed by atoms with van der Waals surface area (Å²) in [5.41, 5.74) is 3.13. The Morgan fingerprint density at radius 1 is 1.12 bits per heavy atom. The molecule has 178 valence electrons. The van der Waals surface area contributed by atoms with E-state index in [1.54, 1.807) is 24.3 Å². The van der Waals surface area contributed by atoms with Crippen molar-refractivity contribution in [1.82, 2.24) is 13.9 Å². The van der Waals surface area contributed by atoms with Crippen molar-refractivity contribution in [2.24, 2.45) is 0 Å². The summed E-state index contributed by atoms with van der Waals surface area (Å²) in [6.45, 7) is 9.19. The summed E-state index contributed by atoms with van der Waals surface area (Å²) >= 11 is 6.05. The summed E-state index contributed by atoms with van der Waals surface area (Å²) in [5, 5.41) is 3.48. The molecule has 0 saturated carbocycles. The zero-order valence-electron chi connectivity index (χ0n) is 19.6. The summed E-state index contributed by atoms with van der Waals surface area (Å²) in [4.78, 5) is 17.5. The van der Waals surface area contributed by atoms with Crippen LogP contribution in [-0.4, -0.2) is 41.3 Å². The van der Waals surface area contributed by atoms with E-state index in [1.807, 2.05) is 32.9 Å². The average molecular weight is 491 g/mol. The number of anilines is 1. The minimum atomic E-state index is -3.57. The molecule has 0 unspecified atom stereocenters. The van der Waals surface area contributed by atoms with E-state index < -0.39 is 10.0 Å². The second kappa shape index (κ2) is 10.7. The number of carbonyl (C=O) groups is 1. The third-order valence-electron chi connectivity index (χ3n) is 5.64. The van der Waals surface area contributed by atoms with Crippen molar-refractivity contribution in [3.05, 3.63) is 52.8 Å². The van der Waals surface area contributed by atoms with Gasteiger partial charge in [-0.1, -0.05) is 38.4 Å². The Kier molecular flexibility index (Phi) is 8.15. The fourth-order valence-corrected chi connectivity index (χ4v) is 5.51. The average Bonchev–Trinajstić information content (AvgIpc) is 3.12. The van der Waals surface area contributed by atoms with E-state index in [1.165, 1.54) is 4.31 Å². The van der Waals surface area contributed by atoms with Gasteiger partial charge in [0.2, 0.25) is 15.9 Å². The van der Waals surface area contributed by atoms with E-state index in [4.69, 9.17) is 16.6 Å². The molecule has 0 radical (unpaired) electrons. The van der Waals surface area contributed by atoms with Crippen LogP contribution in [0.15, 0.2) is 41.3 Å². The van der Waals surface area contributed by atoms with Crippen LogP contribution in [0.3, 0.4) is 0 Å². The molecule has 0 aliphatic carbocycles. The van der Waals surface area contributed by atoms with Crippen molar-refractivity contribution >= 4 is 44.3 Å². The lowest BCUT2D eigenvalue weighted by molar-refractivity contribution is -0.116. The maximum Gasteiger partial charge on any atom is 0.243 e. The summed E-state index contributed by atoms with van der Waals surface area (Å²) in [5.74, 6) is 0.641. The zero-order chi connectivity index (χ0) is 24.2. The monoisotopic (exact) mass is 490 g/mol. The van der Waals surface area contributed by atoms with Crippen LogP contribution >= 0.6 is 11.6 Å². The molecule has 0 fully saturated rings. The van der Waals surface area contributed by atoms with E-state index >= 15 is 0 Å².